The summed E-state index contributed by atoms with van der Waals surface area (Å²) >= 11 is 0. The molecule has 2 N–H and O–H groups in total. The Bertz CT molecular complexity index is 524. The number of anilines is 2. The molecule has 0 spiro atoms. The first-order chi connectivity index (χ1) is 8.51. The van der Waals surface area contributed by atoms with E-state index in [1.165, 1.54) is 0 Å². The van der Waals surface area contributed by atoms with Crippen LogP contribution in [0.3, 0.4) is 0 Å². The van der Waals surface area contributed by atoms with Crippen LogP contribution < -0.4 is 10.6 Å². The lowest BCUT2D eigenvalue weighted by Crippen LogP contribution is -2.38. The van der Waals surface area contributed by atoms with E-state index in [0.29, 0.717) is 0 Å². The Balaban J connectivity index is 2.17. The molecule has 0 bridgehead atoms. The standard InChI is InChI=1S/C13H22N5/c1-14-12-11-7-5-6-9-17(11)16-13(12)15-8-10-18(2,3)4/h5-7,9,14H,8,10H2,1-4H3,(H,15,16)/q+1. The number of quaternary nitrogens is 1. The van der Waals surface area contributed by atoms with Crippen LogP contribution in [0.1, 0.15) is 0 Å². The van der Waals surface area contributed by atoms with E-state index in [9.17, 15) is 0 Å². The molecule has 0 aliphatic rings. The normalized spacial score (nSPS) is 11.8. The lowest BCUT2D eigenvalue weighted by atomic mass is 10.3. The molecule has 0 radical (unpaired) electrons. The van der Waals surface area contributed by atoms with Gasteiger partial charge in [-0.25, -0.2) is 4.52 Å². The van der Waals surface area contributed by atoms with E-state index in [2.05, 4.69) is 42.9 Å². The molecular formula is C13H22N5+. The Kier molecular flexibility index (Phi) is 3.43. The molecule has 18 heavy (non-hydrogen) atoms. The monoisotopic (exact) mass is 248 g/mol. The van der Waals surface area contributed by atoms with Gasteiger partial charge in [-0.05, 0) is 12.1 Å². The molecule has 5 nitrogen and oxygen atoms in total. The van der Waals surface area contributed by atoms with Gasteiger partial charge in [-0.1, -0.05) is 6.07 Å². The highest BCUT2D eigenvalue weighted by atomic mass is 15.3. The highest BCUT2D eigenvalue weighted by molar-refractivity contribution is 5.82. The lowest BCUT2D eigenvalue weighted by molar-refractivity contribution is -0.868. The minimum absolute atomic E-state index is 0.905. The average molecular weight is 248 g/mol. The van der Waals surface area contributed by atoms with Crippen LogP contribution in [-0.2, 0) is 0 Å². The number of nitrogens with zero attached hydrogens (tertiary/aromatic N) is 3. The zero-order valence-corrected chi connectivity index (χ0v) is 11.6. The Morgan fingerprint density at radius 3 is 2.72 bits per heavy atom. The van der Waals surface area contributed by atoms with E-state index < -0.39 is 0 Å². The largest absolute Gasteiger partial charge is 0.383 e. The van der Waals surface area contributed by atoms with Crippen molar-refractivity contribution in [2.75, 3.05) is 51.9 Å². The Morgan fingerprint density at radius 2 is 2.06 bits per heavy atom. The fourth-order valence-electron chi connectivity index (χ4n) is 1.88. The van der Waals surface area contributed by atoms with Gasteiger partial charge in [-0.2, -0.15) is 0 Å². The summed E-state index contributed by atoms with van der Waals surface area (Å²) < 4.78 is 2.83. The van der Waals surface area contributed by atoms with Gasteiger partial charge < -0.3 is 15.1 Å². The average Bonchev–Trinajstić information content (AvgIpc) is 2.64. The quantitative estimate of drug-likeness (QED) is 0.788. The van der Waals surface area contributed by atoms with Crippen LogP contribution in [-0.4, -0.2) is 55.4 Å². The molecule has 0 saturated heterocycles. The molecule has 0 aliphatic carbocycles. The van der Waals surface area contributed by atoms with Crippen molar-refractivity contribution in [2.45, 2.75) is 0 Å². The summed E-state index contributed by atoms with van der Waals surface area (Å²) in [4.78, 5) is 0. The smallest absolute Gasteiger partial charge is 0.172 e. The first kappa shape index (κ1) is 12.7. The van der Waals surface area contributed by atoms with E-state index in [-0.39, 0.29) is 0 Å². The third-order valence-corrected chi connectivity index (χ3v) is 2.87. The molecule has 5 heteroatoms. The number of hydrogen-bond donors (Lipinski definition) is 2. The van der Waals surface area contributed by atoms with E-state index in [1.54, 1.807) is 0 Å². The van der Waals surface area contributed by atoms with Crippen LogP contribution in [0.25, 0.3) is 5.52 Å². The highest BCUT2D eigenvalue weighted by Crippen LogP contribution is 2.25. The van der Waals surface area contributed by atoms with Crippen molar-refractivity contribution in [3.63, 3.8) is 0 Å². The van der Waals surface area contributed by atoms with Crippen molar-refractivity contribution in [3.05, 3.63) is 24.4 Å². The van der Waals surface area contributed by atoms with Crippen molar-refractivity contribution >= 4 is 17.0 Å². The molecule has 0 aliphatic heterocycles. The summed E-state index contributed by atoms with van der Waals surface area (Å²) in [5.41, 5.74) is 2.14. The molecule has 98 valence electrons. The predicted octanol–water partition coefficient (Wildman–Crippen LogP) is 1.49. The molecule has 0 atom stereocenters. The van der Waals surface area contributed by atoms with Crippen molar-refractivity contribution in [2.24, 2.45) is 0 Å². The topological polar surface area (TPSA) is 41.4 Å². The second-order valence-electron chi connectivity index (χ2n) is 5.44. The SMILES string of the molecule is CNc1c(NCC[N+](C)(C)C)nn2ccccc12. The van der Waals surface area contributed by atoms with E-state index in [0.717, 1.165) is 34.6 Å². The number of nitrogens with one attached hydrogen (secondary N) is 2. The number of aromatic nitrogens is 2. The molecular weight excluding hydrogens is 226 g/mol. The molecule has 0 amide bonds. The van der Waals surface area contributed by atoms with Gasteiger partial charge in [-0.15, -0.1) is 5.10 Å². The maximum atomic E-state index is 4.54. The van der Waals surface area contributed by atoms with Gasteiger partial charge in [0.1, 0.15) is 5.69 Å². The zero-order chi connectivity index (χ0) is 13.2. The number of rotatable bonds is 5. The summed E-state index contributed by atoms with van der Waals surface area (Å²) in [6.45, 7) is 1.96. The molecule has 0 unspecified atom stereocenters. The second-order valence-corrected chi connectivity index (χ2v) is 5.44. The van der Waals surface area contributed by atoms with E-state index >= 15 is 0 Å². The fourth-order valence-corrected chi connectivity index (χ4v) is 1.88. The van der Waals surface area contributed by atoms with Crippen LogP contribution in [0.5, 0.6) is 0 Å². The first-order valence-electron chi connectivity index (χ1n) is 6.21. The predicted molar refractivity (Wildman–Crippen MR) is 76.1 cm³/mol. The number of likely N-dealkylation sites (N-methyl/N-ethyl adjacent to an activating group) is 1. The maximum absolute atomic E-state index is 4.54. The van der Waals surface area contributed by atoms with Crippen LogP contribution in [0.2, 0.25) is 0 Å². The zero-order valence-electron chi connectivity index (χ0n) is 11.6. The fraction of sp³-hybridized carbons (Fsp3) is 0.462. The van der Waals surface area contributed by atoms with Gasteiger partial charge in [0.2, 0.25) is 0 Å². The minimum Gasteiger partial charge on any atom is -0.383 e. The molecule has 0 fully saturated rings. The summed E-state index contributed by atoms with van der Waals surface area (Å²) in [6, 6.07) is 6.06. The summed E-state index contributed by atoms with van der Waals surface area (Å²) in [5, 5.41) is 11.2. The number of fused-ring (bicyclic) bond motifs is 1. The van der Waals surface area contributed by atoms with Gasteiger partial charge in [0, 0.05) is 13.2 Å². The molecule has 2 aromatic rings. The van der Waals surface area contributed by atoms with Gasteiger partial charge >= 0.3 is 0 Å². The lowest BCUT2D eigenvalue weighted by Gasteiger charge is -2.23. The first-order valence-corrected chi connectivity index (χ1v) is 6.21. The van der Waals surface area contributed by atoms with Gasteiger partial charge in [0.05, 0.1) is 39.7 Å². The third kappa shape index (κ3) is 2.73. The molecule has 0 saturated carbocycles. The van der Waals surface area contributed by atoms with Crippen LogP contribution >= 0.6 is 0 Å². The van der Waals surface area contributed by atoms with Crippen molar-refractivity contribution in [3.8, 4) is 0 Å². The molecule has 2 aromatic heterocycles. The van der Waals surface area contributed by atoms with Gasteiger partial charge in [-0.3, -0.25) is 0 Å². The minimum atomic E-state index is 0.905. The van der Waals surface area contributed by atoms with Crippen molar-refractivity contribution in [1.29, 1.82) is 0 Å². The molecule has 2 rings (SSSR count). The summed E-state index contributed by atoms with van der Waals surface area (Å²) in [7, 11) is 8.48. The highest BCUT2D eigenvalue weighted by Gasteiger charge is 2.12. The molecule has 2 heterocycles. The Morgan fingerprint density at radius 1 is 1.28 bits per heavy atom. The summed E-state index contributed by atoms with van der Waals surface area (Å²) in [5.74, 6) is 0.914. The van der Waals surface area contributed by atoms with E-state index in [1.807, 2.05) is 29.9 Å². The van der Waals surface area contributed by atoms with Gasteiger partial charge in [0.15, 0.2) is 5.82 Å². The molecule has 0 aromatic carbocycles. The summed E-state index contributed by atoms with van der Waals surface area (Å²) in [6.07, 6.45) is 1.96. The Hall–Kier alpha value is -1.75. The van der Waals surface area contributed by atoms with Crippen molar-refractivity contribution < 1.29 is 4.48 Å². The van der Waals surface area contributed by atoms with Crippen LogP contribution in [0, 0.1) is 0 Å². The van der Waals surface area contributed by atoms with Crippen molar-refractivity contribution in [1.82, 2.24) is 9.61 Å². The second kappa shape index (κ2) is 4.86. The third-order valence-electron chi connectivity index (χ3n) is 2.87. The van der Waals surface area contributed by atoms with E-state index in [4.69, 9.17) is 0 Å². The van der Waals surface area contributed by atoms with Gasteiger partial charge in [0.25, 0.3) is 0 Å². The maximum Gasteiger partial charge on any atom is 0.172 e. The Labute approximate surface area is 108 Å². The van der Waals surface area contributed by atoms with Crippen LogP contribution in [0.4, 0.5) is 11.5 Å². The number of pyridine rings is 1. The van der Waals surface area contributed by atoms with Crippen LogP contribution in [0.15, 0.2) is 24.4 Å². The number of hydrogen-bond acceptors (Lipinski definition) is 3.